The first-order chi connectivity index (χ1) is 13.6. The van der Waals surface area contributed by atoms with E-state index in [9.17, 15) is 9.59 Å². The molecule has 0 aliphatic rings. The zero-order valence-corrected chi connectivity index (χ0v) is 15.7. The van der Waals surface area contributed by atoms with Gasteiger partial charge in [0.05, 0.1) is 19.4 Å². The van der Waals surface area contributed by atoms with Crippen molar-refractivity contribution >= 4 is 11.6 Å². The van der Waals surface area contributed by atoms with Crippen LogP contribution >= 0.6 is 0 Å². The van der Waals surface area contributed by atoms with E-state index in [1.54, 1.807) is 37.4 Å². The minimum absolute atomic E-state index is 0.191. The molecule has 1 amide bonds. The van der Waals surface area contributed by atoms with Crippen molar-refractivity contribution in [2.24, 2.45) is 0 Å². The van der Waals surface area contributed by atoms with E-state index >= 15 is 0 Å². The summed E-state index contributed by atoms with van der Waals surface area (Å²) in [5, 5.41) is 7.06. The van der Waals surface area contributed by atoms with E-state index in [1.165, 1.54) is 6.07 Å². The third-order valence-electron chi connectivity index (χ3n) is 3.97. The molecule has 144 valence electrons. The second kappa shape index (κ2) is 8.85. The van der Waals surface area contributed by atoms with Crippen LogP contribution in [-0.2, 0) is 11.3 Å². The second-order valence-corrected chi connectivity index (χ2v) is 5.95. The molecule has 1 heterocycles. The summed E-state index contributed by atoms with van der Waals surface area (Å²) in [5.74, 6) is 1.07. The number of hydrogen-bond donors (Lipinski definition) is 1. The number of hydrogen-bond acceptors (Lipinski definition) is 5. The smallest absolute Gasteiger partial charge is 0.267 e. The molecule has 7 nitrogen and oxygen atoms in total. The van der Waals surface area contributed by atoms with Crippen LogP contribution < -0.4 is 20.3 Å². The van der Waals surface area contributed by atoms with Gasteiger partial charge < -0.3 is 14.8 Å². The van der Waals surface area contributed by atoms with Crippen LogP contribution in [0.25, 0.3) is 11.3 Å². The van der Waals surface area contributed by atoms with Crippen molar-refractivity contribution in [2.45, 2.75) is 13.5 Å². The van der Waals surface area contributed by atoms with Crippen molar-refractivity contribution in [2.75, 3.05) is 19.0 Å². The van der Waals surface area contributed by atoms with E-state index in [0.29, 0.717) is 23.7 Å². The van der Waals surface area contributed by atoms with Crippen LogP contribution in [0.1, 0.15) is 6.92 Å². The molecule has 0 unspecified atom stereocenters. The lowest BCUT2D eigenvalue weighted by molar-refractivity contribution is -0.117. The molecule has 0 aliphatic heterocycles. The predicted octanol–water partition coefficient (Wildman–Crippen LogP) is 2.96. The molecule has 0 fully saturated rings. The summed E-state index contributed by atoms with van der Waals surface area (Å²) in [6.07, 6.45) is 0. The van der Waals surface area contributed by atoms with E-state index in [2.05, 4.69) is 10.4 Å². The van der Waals surface area contributed by atoms with Gasteiger partial charge in [0.2, 0.25) is 5.91 Å². The lowest BCUT2D eigenvalue weighted by atomic mass is 10.1. The number of rotatable bonds is 7. The van der Waals surface area contributed by atoms with Gasteiger partial charge in [-0.25, -0.2) is 4.68 Å². The Balaban J connectivity index is 1.74. The third kappa shape index (κ3) is 4.76. The van der Waals surface area contributed by atoms with Gasteiger partial charge in [-0.1, -0.05) is 12.1 Å². The van der Waals surface area contributed by atoms with Gasteiger partial charge in [-0.2, -0.15) is 5.10 Å². The van der Waals surface area contributed by atoms with E-state index in [4.69, 9.17) is 9.47 Å². The number of amides is 1. The van der Waals surface area contributed by atoms with Crippen molar-refractivity contribution in [3.05, 3.63) is 71.0 Å². The Kier molecular flexibility index (Phi) is 6.06. The maximum absolute atomic E-state index is 12.3. The van der Waals surface area contributed by atoms with Crippen LogP contribution in [-0.4, -0.2) is 29.4 Å². The van der Waals surface area contributed by atoms with Crippen LogP contribution in [0.15, 0.2) is 65.5 Å². The third-order valence-corrected chi connectivity index (χ3v) is 3.97. The molecule has 3 rings (SSSR count). The van der Waals surface area contributed by atoms with Crippen LogP contribution in [0.3, 0.4) is 0 Å². The van der Waals surface area contributed by atoms with E-state index in [1.807, 2.05) is 31.2 Å². The fourth-order valence-electron chi connectivity index (χ4n) is 2.64. The standard InChI is InChI=1S/C21H21N3O4/c1-3-28-17-9-7-16(8-10-17)22-20(25)14-24-21(26)12-11-19(23-24)15-5-4-6-18(13-15)27-2/h4-13H,3,14H2,1-2H3,(H,22,25). The monoisotopic (exact) mass is 379 g/mol. The summed E-state index contributed by atoms with van der Waals surface area (Å²) in [6.45, 7) is 2.29. The van der Waals surface area contributed by atoms with Gasteiger partial charge in [0.1, 0.15) is 18.0 Å². The maximum atomic E-state index is 12.3. The highest BCUT2D eigenvalue weighted by Crippen LogP contribution is 2.21. The number of ether oxygens (including phenoxy) is 2. The first-order valence-corrected chi connectivity index (χ1v) is 8.84. The lowest BCUT2D eigenvalue weighted by Gasteiger charge is -2.09. The van der Waals surface area contributed by atoms with Crippen molar-refractivity contribution in [3.8, 4) is 22.8 Å². The summed E-state index contributed by atoms with van der Waals surface area (Å²) in [4.78, 5) is 24.4. The normalized spacial score (nSPS) is 10.4. The molecule has 0 aliphatic carbocycles. The lowest BCUT2D eigenvalue weighted by Crippen LogP contribution is -2.29. The van der Waals surface area contributed by atoms with Crippen LogP contribution in [0.2, 0.25) is 0 Å². The van der Waals surface area contributed by atoms with E-state index in [-0.39, 0.29) is 18.0 Å². The fourth-order valence-corrected chi connectivity index (χ4v) is 2.64. The number of carbonyl (C=O) groups is 1. The highest BCUT2D eigenvalue weighted by molar-refractivity contribution is 5.90. The molecule has 0 bridgehead atoms. The summed E-state index contributed by atoms with van der Waals surface area (Å²) in [6, 6.07) is 17.4. The van der Waals surface area contributed by atoms with Gasteiger partial charge in [-0.15, -0.1) is 0 Å². The number of benzene rings is 2. The molecule has 28 heavy (non-hydrogen) atoms. The number of nitrogens with zero attached hydrogens (tertiary/aromatic N) is 2. The molecule has 0 saturated heterocycles. The van der Waals surface area contributed by atoms with Gasteiger partial charge in [0, 0.05) is 17.3 Å². The quantitative estimate of drug-likeness (QED) is 0.682. The Morgan fingerprint density at radius 2 is 1.86 bits per heavy atom. The highest BCUT2D eigenvalue weighted by Gasteiger charge is 2.09. The Bertz CT molecular complexity index is 1010. The SMILES string of the molecule is CCOc1ccc(NC(=O)Cn2nc(-c3cccc(OC)c3)ccc2=O)cc1. The van der Waals surface area contributed by atoms with Gasteiger partial charge in [-0.3, -0.25) is 9.59 Å². The van der Waals surface area contributed by atoms with E-state index < -0.39 is 0 Å². The molecule has 0 atom stereocenters. The van der Waals surface area contributed by atoms with Crippen molar-refractivity contribution in [1.82, 2.24) is 9.78 Å². The van der Waals surface area contributed by atoms with Gasteiger partial charge >= 0.3 is 0 Å². The van der Waals surface area contributed by atoms with Crippen LogP contribution in [0.4, 0.5) is 5.69 Å². The summed E-state index contributed by atoms with van der Waals surface area (Å²) in [5.41, 5.74) is 1.63. The number of aromatic nitrogens is 2. The van der Waals surface area contributed by atoms with Crippen molar-refractivity contribution in [1.29, 1.82) is 0 Å². The van der Waals surface area contributed by atoms with E-state index in [0.717, 1.165) is 16.0 Å². The Labute approximate surface area is 162 Å². The molecule has 1 N–H and O–H groups in total. The molecule has 2 aromatic carbocycles. The van der Waals surface area contributed by atoms with Crippen molar-refractivity contribution in [3.63, 3.8) is 0 Å². The van der Waals surface area contributed by atoms with Gasteiger partial charge in [0.25, 0.3) is 5.56 Å². The molecule has 7 heteroatoms. The zero-order valence-electron chi connectivity index (χ0n) is 15.7. The van der Waals surface area contributed by atoms with Crippen LogP contribution in [0, 0.1) is 0 Å². The molecule has 0 spiro atoms. The highest BCUT2D eigenvalue weighted by atomic mass is 16.5. The first kappa shape index (κ1) is 19.2. The minimum atomic E-state index is -0.353. The number of nitrogens with one attached hydrogen (secondary N) is 1. The Morgan fingerprint density at radius 3 is 2.57 bits per heavy atom. The van der Waals surface area contributed by atoms with Crippen molar-refractivity contribution < 1.29 is 14.3 Å². The molecule has 0 radical (unpaired) electrons. The Morgan fingerprint density at radius 1 is 1.07 bits per heavy atom. The molecule has 3 aromatic rings. The molecular formula is C21H21N3O4. The largest absolute Gasteiger partial charge is 0.497 e. The summed E-state index contributed by atoms with van der Waals surface area (Å²) < 4.78 is 11.7. The predicted molar refractivity (Wildman–Crippen MR) is 107 cm³/mol. The average Bonchev–Trinajstić information content (AvgIpc) is 2.71. The number of methoxy groups -OCH3 is 1. The minimum Gasteiger partial charge on any atom is -0.497 e. The second-order valence-electron chi connectivity index (χ2n) is 5.95. The maximum Gasteiger partial charge on any atom is 0.267 e. The molecular weight excluding hydrogens is 358 g/mol. The summed E-state index contributed by atoms with van der Waals surface area (Å²) in [7, 11) is 1.58. The molecule has 0 saturated carbocycles. The van der Waals surface area contributed by atoms with Crippen LogP contribution in [0.5, 0.6) is 11.5 Å². The number of anilines is 1. The van der Waals surface area contributed by atoms with Gasteiger partial charge in [-0.05, 0) is 49.4 Å². The fraction of sp³-hybridized carbons (Fsp3) is 0.190. The Hall–Kier alpha value is -3.61. The average molecular weight is 379 g/mol. The molecule has 1 aromatic heterocycles. The topological polar surface area (TPSA) is 82.4 Å². The summed E-state index contributed by atoms with van der Waals surface area (Å²) >= 11 is 0. The zero-order chi connectivity index (χ0) is 19.9. The number of carbonyl (C=O) groups excluding carboxylic acids is 1. The van der Waals surface area contributed by atoms with Gasteiger partial charge in [0.15, 0.2) is 0 Å². The first-order valence-electron chi connectivity index (χ1n) is 8.84.